The SMILES string of the molecule is CNCC(O)(C(=O)O)C(=O)O. The van der Waals surface area contributed by atoms with Crippen LogP contribution in [0.4, 0.5) is 0 Å². The maximum Gasteiger partial charge on any atom is 0.348 e. The highest BCUT2D eigenvalue weighted by molar-refractivity contribution is 6.01. The van der Waals surface area contributed by atoms with Gasteiger partial charge in [-0.1, -0.05) is 0 Å². The minimum absolute atomic E-state index is 0.530. The number of hydrogen-bond acceptors (Lipinski definition) is 4. The van der Waals surface area contributed by atoms with Crippen molar-refractivity contribution in [1.29, 1.82) is 0 Å². The molecule has 0 spiro atoms. The molecule has 6 nitrogen and oxygen atoms in total. The third kappa shape index (κ3) is 1.89. The van der Waals surface area contributed by atoms with Crippen molar-refractivity contribution in [3.8, 4) is 0 Å². The molecule has 0 aliphatic rings. The molecule has 0 aromatic heterocycles. The van der Waals surface area contributed by atoms with Crippen molar-refractivity contribution in [2.75, 3.05) is 13.6 Å². The lowest BCUT2D eigenvalue weighted by Crippen LogP contribution is -2.53. The standard InChI is InChI=1S/C5H9NO5/c1-6-2-5(11,3(7)8)4(9)10/h6,11H,2H2,1H3,(H,7,8)(H,9,10). The molecule has 0 bridgehead atoms. The first-order valence-electron chi connectivity index (χ1n) is 2.79. The van der Waals surface area contributed by atoms with Crippen LogP contribution in [-0.2, 0) is 9.59 Å². The largest absolute Gasteiger partial charge is 0.479 e. The lowest BCUT2D eigenvalue weighted by atomic mass is 10.1. The molecule has 0 radical (unpaired) electrons. The Bertz CT molecular complexity index is 164. The average Bonchev–Trinajstić information content (AvgIpc) is 1.87. The van der Waals surface area contributed by atoms with Crippen molar-refractivity contribution in [3.63, 3.8) is 0 Å². The van der Waals surface area contributed by atoms with Crippen molar-refractivity contribution in [1.82, 2.24) is 5.32 Å². The highest BCUT2D eigenvalue weighted by Gasteiger charge is 2.43. The third-order valence-electron chi connectivity index (χ3n) is 1.14. The van der Waals surface area contributed by atoms with Crippen LogP contribution in [0.15, 0.2) is 0 Å². The molecule has 4 N–H and O–H groups in total. The average molecular weight is 163 g/mol. The highest BCUT2D eigenvalue weighted by atomic mass is 16.4. The molecule has 64 valence electrons. The molecule has 0 saturated carbocycles. The second-order valence-corrected chi connectivity index (χ2v) is 2.00. The van der Waals surface area contributed by atoms with Crippen molar-refractivity contribution in [2.24, 2.45) is 0 Å². The Labute approximate surface area is 62.5 Å². The van der Waals surface area contributed by atoms with E-state index in [2.05, 4.69) is 5.32 Å². The second-order valence-electron chi connectivity index (χ2n) is 2.00. The molecule has 0 aliphatic heterocycles. The van der Waals surface area contributed by atoms with Crippen LogP contribution in [0.2, 0.25) is 0 Å². The summed E-state index contributed by atoms with van der Waals surface area (Å²) in [6.45, 7) is -0.530. The molecule has 0 rings (SSSR count). The smallest absolute Gasteiger partial charge is 0.348 e. The lowest BCUT2D eigenvalue weighted by molar-refractivity contribution is -0.175. The maximum absolute atomic E-state index is 10.2. The molecular weight excluding hydrogens is 154 g/mol. The van der Waals surface area contributed by atoms with Crippen LogP contribution in [0.25, 0.3) is 0 Å². The van der Waals surface area contributed by atoms with Crippen LogP contribution in [0.1, 0.15) is 0 Å². The Kier molecular flexibility index (Phi) is 2.97. The van der Waals surface area contributed by atoms with E-state index in [1.54, 1.807) is 0 Å². The predicted molar refractivity (Wildman–Crippen MR) is 34.1 cm³/mol. The number of aliphatic carboxylic acids is 2. The minimum Gasteiger partial charge on any atom is -0.479 e. The van der Waals surface area contributed by atoms with Gasteiger partial charge in [0.15, 0.2) is 0 Å². The Hall–Kier alpha value is -1.14. The van der Waals surface area contributed by atoms with Crippen LogP contribution in [0.5, 0.6) is 0 Å². The molecule has 0 saturated heterocycles. The van der Waals surface area contributed by atoms with Gasteiger partial charge in [-0.25, -0.2) is 9.59 Å². The molecule has 0 atom stereocenters. The first-order chi connectivity index (χ1) is 4.95. The summed E-state index contributed by atoms with van der Waals surface area (Å²) in [4.78, 5) is 20.4. The van der Waals surface area contributed by atoms with Crippen molar-refractivity contribution in [3.05, 3.63) is 0 Å². The first-order valence-corrected chi connectivity index (χ1v) is 2.79. The predicted octanol–water partition coefficient (Wildman–Crippen LogP) is -1.89. The number of carboxylic acid groups (broad SMARTS) is 2. The summed E-state index contributed by atoms with van der Waals surface area (Å²) in [6, 6.07) is 0. The van der Waals surface area contributed by atoms with E-state index in [0.717, 1.165) is 0 Å². The normalized spacial score (nSPS) is 11.1. The summed E-state index contributed by atoms with van der Waals surface area (Å²) < 4.78 is 0. The van der Waals surface area contributed by atoms with Crippen molar-refractivity contribution >= 4 is 11.9 Å². The number of carbonyl (C=O) groups is 2. The van der Waals surface area contributed by atoms with E-state index in [0.29, 0.717) is 0 Å². The number of carboxylic acids is 2. The zero-order valence-corrected chi connectivity index (χ0v) is 5.87. The molecule has 0 aromatic carbocycles. The van der Waals surface area contributed by atoms with E-state index in [1.807, 2.05) is 0 Å². The van der Waals surface area contributed by atoms with E-state index in [-0.39, 0.29) is 0 Å². The number of hydrogen-bond donors (Lipinski definition) is 4. The fraction of sp³-hybridized carbons (Fsp3) is 0.600. The molecule has 6 heteroatoms. The lowest BCUT2D eigenvalue weighted by Gasteiger charge is -2.16. The Balaban J connectivity index is 4.52. The van der Waals surface area contributed by atoms with E-state index in [1.165, 1.54) is 7.05 Å². The van der Waals surface area contributed by atoms with Gasteiger partial charge >= 0.3 is 11.9 Å². The second kappa shape index (κ2) is 3.31. The summed E-state index contributed by atoms with van der Waals surface area (Å²) in [6.07, 6.45) is 0. The Morgan fingerprint density at radius 3 is 1.82 bits per heavy atom. The van der Waals surface area contributed by atoms with Crippen LogP contribution < -0.4 is 5.32 Å². The molecular formula is C5H9NO5. The topological polar surface area (TPSA) is 107 Å². The zero-order valence-electron chi connectivity index (χ0n) is 5.87. The molecule has 0 heterocycles. The summed E-state index contributed by atoms with van der Waals surface area (Å²) in [5.74, 6) is -3.56. The fourth-order valence-electron chi connectivity index (χ4n) is 0.499. The van der Waals surface area contributed by atoms with Crippen molar-refractivity contribution in [2.45, 2.75) is 5.60 Å². The van der Waals surface area contributed by atoms with E-state index >= 15 is 0 Å². The zero-order chi connectivity index (χ0) is 9.07. The van der Waals surface area contributed by atoms with Crippen molar-refractivity contribution < 1.29 is 24.9 Å². The first kappa shape index (κ1) is 9.86. The van der Waals surface area contributed by atoms with Crippen LogP contribution in [0.3, 0.4) is 0 Å². The molecule has 0 amide bonds. The van der Waals surface area contributed by atoms with E-state index < -0.39 is 24.1 Å². The minimum atomic E-state index is -2.73. The van der Waals surface area contributed by atoms with E-state index in [4.69, 9.17) is 15.3 Å². The van der Waals surface area contributed by atoms with Gasteiger partial charge in [0.2, 0.25) is 0 Å². The Morgan fingerprint density at radius 1 is 1.36 bits per heavy atom. The summed E-state index contributed by atoms with van der Waals surface area (Å²) in [5, 5.41) is 27.7. The van der Waals surface area contributed by atoms with Crippen LogP contribution in [-0.4, -0.2) is 46.5 Å². The van der Waals surface area contributed by atoms with Crippen LogP contribution >= 0.6 is 0 Å². The van der Waals surface area contributed by atoms with Gasteiger partial charge < -0.3 is 20.6 Å². The number of rotatable bonds is 4. The van der Waals surface area contributed by atoms with Gasteiger partial charge in [0, 0.05) is 6.54 Å². The molecule has 0 aliphatic carbocycles. The van der Waals surface area contributed by atoms with Gasteiger partial charge in [0.05, 0.1) is 0 Å². The van der Waals surface area contributed by atoms with Gasteiger partial charge in [-0.3, -0.25) is 0 Å². The monoisotopic (exact) mass is 163 g/mol. The third-order valence-corrected chi connectivity index (χ3v) is 1.14. The van der Waals surface area contributed by atoms with Crippen LogP contribution in [0, 0.1) is 0 Å². The molecule has 0 fully saturated rings. The van der Waals surface area contributed by atoms with E-state index in [9.17, 15) is 9.59 Å². The van der Waals surface area contributed by atoms with Gasteiger partial charge in [-0.05, 0) is 7.05 Å². The molecule has 0 aromatic rings. The van der Waals surface area contributed by atoms with Gasteiger partial charge in [-0.2, -0.15) is 0 Å². The maximum atomic E-state index is 10.2. The quantitative estimate of drug-likeness (QED) is 0.361. The summed E-state index contributed by atoms with van der Waals surface area (Å²) >= 11 is 0. The highest BCUT2D eigenvalue weighted by Crippen LogP contribution is 2.02. The Morgan fingerprint density at radius 2 is 1.73 bits per heavy atom. The number of likely N-dealkylation sites (N-methyl/N-ethyl adjacent to an activating group) is 1. The number of aliphatic hydroxyl groups is 1. The molecule has 0 unspecified atom stereocenters. The van der Waals surface area contributed by atoms with Gasteiger partial charge in [-0.15, -0.1) is 0 Å². The summed E-state index contributed by atoms with van der Waals surface area (Å²) in [5.41, 5.74) is -2.73. The molecule has 11 heavy (non-hydrogen) atoms. The number of nitrogens with one attached hydrogen (secondary N) is 1. The van der Waals surface area contributed by atoms with Gasteiger partial charge in [0.1, 0.15) is 0 Å². The summed E-state index contributed by atoms with van der Waals surface area (Å²) in [7, 11) is 1.34. The fourth-order valence-corrected chi connectivity index (χ4v) is 0.499. The van der Waals surface area contributed by atoms with Gasteiger partial charge in [0.25, 0.3) is 5.60 Å².